The lowest BCUT2D eigenvalue weighted by atomic mass is 9.85. The number of hydrogen-bond donors (Lipinski definition) is 6. The number of hydrogen-bond acceptors (Lipinski definition) is 11. The molecular weight excluding hydrogens is 848 g/mol. The number of carbonyl (C=O) groups excluding carboxylic acids is 1. The summed E-state index contributed by atoms with van der Waals surface area (Å²) in [6, 6.07) is 0. The van der Waals surface area contributed by atoms with Gasteiger partial charge in [-0.2, -0.15) is 0 Å². The molecule has 6 atom stereocenters. The topological polar surface area (TPSA) is 192 Å². The average molecular weight is 949 g/mol. The highest BCUT2D eigenvalue weighted by Gasteiger charge is 2.51. The minimum Gasteiger partial charge on any atom is -0.457 e. The zero-order valence-corrected chi connectivity index (χ0v) is 42.5. The van der Waals surface area contributed by atoms with Crippen molar-refractivity contribution in [3.8, 4) is 0 Å². The maximum atomic E-state index is 12.9. The summed E-state index contributed by atoms with van der Waals surface area (Å²) in [5, 5.41) is 50.3. The Bertz CT molecular complexity index is 1130. The van der Waals surface area contributed by atoms with Crippen molar-refractivity contribution in [2.24, 2.45) is 0 Å². The lowest BCUT2D eigenvalue weighted by molar-refractivity contribution is -0.220. The zero-order chi connectivity index (χ0) is 47.6. The SMILES string of the molecule is CCCCCCCCCC/C=C\CCCCCCCCCCCC(=O)OC(COCCCCCCCCCCCCCCCCCCC)COP(=O)(O)OC1C(O)C(O)C(O)C(O)C1O. The van der Waals surface area contributed by atoms with Crippen LogP contribution < -0.4 is 0 Å². The molecule has 0 bridgehead atoms. The maximum absolute atomic E-state index is 12.9. The van der Waals surface area contributed by atoms with Gasteiger partial charge in [0, 0.05) is 13.0 Å². The Morgan fingerprint density at radius 3 is 1.22 bits per heavy atom. The molecule has 1 rings (SSSR count). The van der Waals surface area contributed by atoms with Crippen LogP contribution in [-0.2, 0) is 27.9 Å². The fourth-order valence-electron chi connectivity index (χ4n) is 8.59. The molecule has 0 spiro atoms. The van der Waals surface area contributed by atoms with E-state index < -0.39 is 63.1 Å². The van der Waals surface area contributed by atoms with E-state index in [2.05, 4.69) is 26.0 Å². The molecule has 0 amide bonds. The van der Waals surface area contributed by atoms with E-state index in [1.165, 1.54) is 186 Å². The second-order valence-electron chi connectivity index (χ2n) is 19.1. The number of esters is 1. The third kappa shape index (κ3) is 34.9. The van der Waals surface area contributed by atoms with Crippen molar-refractivity contribution in [2.75, 3.05) is 19.8 Å². The normalized spacial score (nSPS) is 21.5. The Morgan fingerprint density at radius 1 is 0.477 bits per heavy atom. The lowest BCUT2D eigenvalue weighted by Gasteiger charge is -2.41. The zero-order valence-electron chi connectivity index (χ0n) is 41.6. The Hall–Kier alpha value is -0.920. The number of aliphatic hydroxyl groups excluding tert-OH is 5. The Morgan fingerprint density at radius 2 is 0.815 bits per heavy atom. The highest BCUT2D eigenvalue weighted by molar-refractivity contribution is 7.47. The van der Waals surface area contributed by atoms with Crippen molar-refractivity contribution >= 4 is 13.8 Å². The van der Waals surface area contributed by atoms with E-state index in [4.69, 9.17) is 18.5 Å². The van der Waals surface area contributed by atoms with Crippen LogP contribution in [0.25, 0.3) is 0 Å². The fraction of sp³-hybridized carbons (Fsp3) is 0.942. The van der Waals surface area contributed by atoms with Gasteiger partial charge in [-0.1, -0.05) is 219 Å². The van der Waals surface area contributed by atoms with E-state index in [0.717, 1.165) is 38.5 Å². The van der Waals surface area contributed by atoms with Gasteiger partial charge >= 0.3 is 13.8 Å². The summed E-state index contributed by atoms with van der Waals surface area (Å²) in [5.74, 6) is -0.473. The third-order valence-corrected chi connectivity index (χ3v) is 13.9. The summed E-state index contributed by atoms with van der Waals surface area (Å²) in [6.45, 7) is 4.31. The molecule has 0 radical (unpaired) electrons. The van der Waals surface area contributed by atoms with Crippen molar-refractivity contribution < 1.29 is 58.3 Å². The summed E-state index contributed by atoms with van der Waals surface area (Å²) in [5.41, 5.74) is 0. The number of phosphoric acid groups is 1. The van der Waals surface area contributed by atoms with Crippen LogP contribution in [0, 0.1) is 0 Å². The van der Waals surface area contributed by atoms with Crippen molar-refractivity contribution in [1.82, 2.24) is 0 Å². The van der Waals surface area contributed by atoms with E-state index in [9.17, 15) is 39.8 Å². The van der Waals surface area contributed by atoms with E-state index in [1.807, 2.05) is 0 Å². The summed E-state index contributed by atoms with van der Waals surface area (Å²) < 4.78 is 34.3. The molecule has 6 unspecified atom stereocenters. The van der Waals surface area contributed by atoms with Gasteiger partial charge in [0.1, 0.15) is 42.7 Å². The minimum atomic E-state index is -5.02. The first-order chi connectivity index (χ1) is 31.5. The van der Waals surface area contributed by atoms with E-state index in [-0.39, 0.29) is 13.0 Å². The van der Waals surface area contributed by atoms with Crippen LogP contribution in [0.1, 0.15) is 251 Å². The Labute approximate surface area is 397 Å². The highest BCUT2D eigenvalue weighted by Crippen LogP contribution is 2.47. The number of allylic oxidation sites excluding steroid dienone is 2. The molecule has 0 aromatic heterocycles. The molecule has 1 fully saturated rings. The summed E-state index contributed by atoms with van der Waals surface area (Å²) in [7, 11) is -5.02. The molecule has 0 aliphatic heterocycles. The first-order valence-electron chi connectivity index (χ1n) is 27.0. The van der Waals surface area contributed by atoms with Gasteiger partial charge in [0.05, 0.1) is 13.2 Å². The van der Waals surface area contributed by atoms with Gasteiger partial charge in [-0.05, 0) is 38.5 Å². The van der Waals surface area contributed by atoms with Gasteiger partial charge in [0.2, 0.25) is 0 Å². The van der Waals surface area contributed by atoms with Gasteiger partial charge in [-0.25, -0.2) is 4.57 Å². The number of carbonyl (C=O) groups is 1. The largest absolute Gasteiger partial charge is 0.472 e. The highest BCUT2D eigenvalue weighted by atomic mass is 31.2. The third-order valence-electron chi connectivity index (χ3n) is 12.9. The molecule has 1 saturated carbocycles. The number of unbranched alkanes of at least 4 members (excludes halogenated alkanes) is 33. The molecular formula is C52H101O12P. The average Bonchev–Trinajstić information content (AvgIpc) is 3.29. The Balaban J connectivity index is 2.30. The molecule has 386 valence electrons. The molecule has 0 saturated heterocycles. The van der Waals surface area contributed by atoms with Crippen LogP contribution in [0.2, 0.25) is 0 Å². The van der Waals surface area contributed by atoms with E-state index >= 15 is 0 Å². The molecule has 1 aliphatic rings. The number of aliphatic hydroxyl groups is 5. The standard InChI is InChI=1S/C52H101O12P/c1-3-5-7-9-11-13-15-17-19-21-22-23-24-25-27-29-31-33-35-37-39-41-46(53)63-45(44-62-65(59,60)64-52-50(57)48(55)47(54)49(56)51(52)58)43-61-42-40-38-36-34-32-30-28-26-20-18-16-14-12-10-8-6-4-2/h21-22,45,47-52,54-58H,3-20,23-44H2,1-2H3,(H,59,60)/b22-21-. The molecule has 13 heteroatoms. The van der Waals surface area contributed by atoms with Crippen LogP contribution in [0.5, 0.6) is 0 Å². The second kappa shape index (κ2) is 43.1. The molecule has 0 aromatic carbocycles. The fourth-order valence-corrected chi connectivity index (χ4v) is 9.56. The first kappa shape index (κ1) is 62.1. The Kier molecular flexibility index (Phi) is 41.2. The van der Waals surface area contributed by atoms with Crippen LogP contribution in [-0.4, -0.2) is 98.9 Å². The number of phosphoric ester groups is 1. The van der Waals surface area contributed by atoms with Gasteiger partial charge in [-0.3, -0.25) is 13.8 Å². The smallest absolute Gasteiger partial charge is 0.457 e. The summed E-state index contributed by atoms with van der Waals surface area (Å²) in [6.07, 6.45) is 37.0. The lowest BCUT2D eigenvalue weighted by Crippen LogP contribution is -2.64. The predicted molar refractivity (Wildman–Crippen MR) is 263 cm³/mol. The van der Waals surface area contributed by atoms with Gasteiger partial charge in [0.25, 0.3) is 0 Å². The summed E-state index contributed by atoms with van der Waals surface area (Å²) in [4.78, 5) is 23.3. The van der Waals surface area contributed by atoms with Crippen molar-refractivity contribution in [3.63, 3.8) is 0 Å². The van der Waals surface area contributed by atoms with Crippen molar-refractivity contribution in [3.05, 3.63) is 12.2 Å². The number of ether oxygens (including phenoxy) is 2. The van der Waals surface area contributed by atoms with Gasteiger partial charge in [0.15, 0.2) is 0 Å². The molecule has 1 aliphatic carbocycles. The molecule has 12 nitrogen and oxygen atoms in total. The second-order valence-corrected chi connectivity index (χ2v) is 20.5. The quantitative estimate of drug-likeness (QED) is 0.0147. The first-order valence-corrected chi connectivity index (χ1v) is 28.5. The van der Waals surface area contributed by atoms with Crippen molar-refractivity contribution in [1.29, 1.82) is 0 Å². The van der Waals surface area contributed by atoms with Crippen LogP contribution in [0.15, 0.2) is 12.2 Å². The van der Waals surface area contributed by atoms with Gasteiger partial charge in [-0.15, -0.1) is 0 Å². The van der Waals surface area contributed by atoms with Crippen LogP contribution in [0.4, 0.5) is 0 Å². The van der Waals surface area contributed by atoms with Crippen LogP contribution in [0.3, 0.4) is 0 Å². The summed E-state index contributed by atoms with van der Waals surface area (Å²) >= 11 is 0. The van der Waals surface area contributed by atoms with Crippen LogP contribution >= 0.6 is 7.82 Å². The van der Waals surface area contributed by atoms with Gasteiger partial charge < -0.3 is 39.9 Å². The predicted octanol–water partition coefficient (Wildman–Crippen LogP) is 12.3. The van der Waals surface area contributed by atoms with E-state index in [1.54, 1.807) is 0 Å². The number of rotatable bonds is 47. The molecule has 0 heterocycles. The van der Waals surface area contributed by atoms with Crippen molar-refractivity contribution in [2.45, 2.75) is 294 Å². The minimum absolute atomic E-state index is 0.0709. The monoisotopic (exact) mass is 949 g/mol. The molecule has 65 heavy (non-hydrogen) atoms. The molecule has 0 aromatic rings. The maximum Gasteiger partial charge on any atom is 0.472 e. The van der Waals surface area contributed by atoms with E-state index in [0.29, 0.717) is 13.0 Å². The molecule has 6 N–H and O–H groups in total.